The standard InChI is InChI=1S/C12H6ClFN2O3S/c13-5-1-8-7(2-6(5)14)15-4-16(8)10-3-9(17)11(20-10)12(18)19/h1-4,17H,(H,18,19). The molecule has 5 nitrogen and oxygen atoms in total. The van der Waals surface area contributed by atoms with Crippen molar-refractivity contribution < 1.29 is 19.4 Å². The van der Waals surface area contributed by atoms with Crippen LogP contribution in [0.15, 0.2) is 24.5 Å². The van der Waals surface area contributed by atoms with E-state index >= 15 is 0 Å². The van der Waals surface area contributed by atoms with Crippen molar-refractivity contribution in [1.29, 1.82) is 0 Å². The third kappa shape index (κ3) is 1.91. The van der Waals surface area contributed by atoms with Crippen molar-refractivity contribution in [2.45, 2.75) is 0 Å². The fraction of sp³-hybridized carbons (Fsp3) is 0. The maximum Gasteiger partial charge on any atom is 0.349 e. The Balaban J connectivity index is 2.22. The minimum Gasteiger partial charge on any atom is -0.506 e. The van der Waals surface area contributed by atoms with Crippen LogP contribution in [0, 0.1) is 5.82 Å². The lowest BCUT2D eigenvalue weighted by Gasteiger charge is -2.00. The van der Waals surface area contributed by atoms with Gasteiger partial charge in [0.25, 0.3) is 0 Å². The molecule has 1 aromatic carbocycles. The molecule has 0 spiro atoms. The van der Waals surface area contributed by atoms with Crippen molar-refractivity contribution >= 4 is 39.9 Å². The van der Waals surface area contributed by atoms with Gasteiger partial charge in [0.1, 0.15) is 22.9 Å². The lowest BCUT2D eigenvalue weighted by molar-refractivity contribution is 0.0699. The van der Waals surface area contributed by atoms with E-state index in [9.17, 15) is 14.3 Å². The molecule has 3 aromatic rings. The highest BCUT2D eigenvalue weighted by Crippen LogP contribution is 2.33. The SMILES string of the molecule is O=C(O)c1sc(-n2cnc3cc(F)c(Cl)cc32)cc1O. The monoisotopic (exact) mass is 312 g/mol. The zero-order chi connectivity index (χ0) is 14.4. The van der Waals surface area contributed by atoms with E-state index in [0.29, 0.717) is 16.0 Å². The number of imidazole rings is 1. The quantitative estimate of drug-likeness (QED) is 0.761. The van der Waals surface area contributed by atoms with Crippen LogP contribution < -0.4 is 0 Å². The Morgan fingerprint density at radius 3 is 2.80 bits per heavy atom. The molecular weight excluding hydrogens is 307 g/mol. The normalized spacial score (nSPS) is 11.1. The van der Waals surface area contributed by atoms with Gasteiger partial charge in [-0.2, -0.15) is 0 Å². The highest BCUT2D eigenvalue weighted by atomic mass is 35.5. The third-order valence-electron chi connectivity index (χ3n) is 2.72. The van der Waals surface area contributed by atoms with E-state index < -0.39 is 11.8 Å². The van der Waals surface area contributed by atoms with E-state index in [4.69, 9.17) is 16.7 Å². The summed E-state index contributed by atoms with van der Waals surface area (Å²) >= 11 is 6.62. The molecule has 2 N–H and O–H groups in total. The number of aromatic nitrogens is 2. The number of aromatic carboxylic acids is 1. The average molecular weight is 313 g/mol. The first-order valence-electron chi connectivity index (χ1n) is 5.36. The molecule has 0 aliphatic rings. The Morgan fingerprint density at radius 2 is 2.15 bits per heavy atom. The molecule has 0 unspecified atom stereocenters. The molecule has 0 amide bonds. The molecule has 102 valence electrons. The first kappa shape index (κ1) is 12.9. The van der Waals surface area contributed by atoms with Gasteiger partial charge < -0.3 is 10.2 Å². The van der Waals surface area contributed by atoms with Gasteiger partial charge in [-0.25, -0.2) is 14.2 Å². The van der Waals surface area contributed by atoms with Gasteiger partial charge in [0.2, 0.25) is 0 Å². The minimum atomic E-state index is -1.22. The number of aromatic hydroxyl groups is 1. The molecule has 0 bridgehead atoms. The Morgan fingerprint density at radius 1 is 1.40 bits per heavy atom. The molecule has 0 fully saturated rings. The molecule has 0 aliphatic heterocycles. The van der Waals surface area contributed by atoms with Crippen molar-refractivity contribution in [2.75, 3.05) is 0 Å². The molecule has 20 heavy (non-hydrogen) atoms. The summed E-state index contributed by atoms with van der Waals surface area (Å²) in [4.78, 5) is 14.8. The molecule has 0 aliphatic carbocycles. The van der Waals surface area contributed by atoms with Crippen LogP contribution in [0.25, 0.3) is 16.0 Å². The van der Waals surface area contributed by atoms with E-state index in [-0.39, 0.29) is 15.6 Å². The van der Waals surface area contributed by atoms with Crippen molar-refractivity contribution in [1.82, 2.24) is 9.55 Å². The molecular formula is C12H6ClFN2O3S. The Kier molecular flexibility index (Phi) is 2.88. The van der Waals surface area contributed by atoms with E-state index in [1.807, 2.05) is 0 Å². The number of nitrogens with zero attached hydrogens (tertiary/aromatic N) is 2. The van der Waals surface area contributed by atoms with Crippen LogP contribution in [-0.2, 0) is 0 Å². The first-order valence-corrected chi connectivity index (χ1v) is 6.55. The minimum absolute atomic E-state index is 0.0570. The van der Waals surface area contributed by atoms with Gasteiger partial charge in [-0.3, -0.25) is 4.57 Å². The van der Waals surface area contributed by atoms with Crippen LogP contribution in [0.3, 0.4) is 0 Å². The summed E-state index contributed by atoms with van der Waals surface area (Å²) in [6.07, 6.45) is 1.41. The van der Waals surface area contributed by atoms with Gasteiger partial charge in [0, 0.05) is 12.1 Å². The smallest absolute Gasteiger partial charge is 0.349 e. The molecule has 0 saturated carbocycles. The largest absolute Gasteiger partial charge is 0.506 e. The average Bonchev–Trinajstić information content (AvgIpc) is 2.93. The van der Waals surface area contributed by atoms with Crippen molar-refractivity contribution in [3.05, 3.63) is 40.2 Å². The zero-order valence-corrected chi connectivity index (χ0v) is 11.2. The summed E-state index contributed by atoms with van der Waals surface area (Å²) in [6, 6.07) is 3.91. The van der Waals surface area contributed by atoms with Gasteiger partial charge in [-0.05, 0) is 6.07 Å². The lowest BCUT2D eigenvalue weighted by atomic mass is 10.3. The molecule has 2 aromatic heterocycles. The van der Waals surface area contributed by atoms with Crippen LogP contribution in [0.5, 0.6) is 5.75 Å². The van der Waals surface area contributed by atoms with E-state index in [1.54, 1.807) is 0 Å². The number of halogens is 2. The molecule has 0 atom stereocenters. The molecule has 2 heterocycles. The van der Waals surface area contributed by atoms with Gasteiger partial charge in [0.05, 0.1) is 16.1 Å². The molecule has 3 rings (SSSR count). The van der Waals surface area contributed by atoms with Crippen molar-refractivity contribution in [2.24, 2.45) is 0 Å². The van der Waals surface area contributed by atoms with Crippen molar-refractivity contribution in [3.8, 4) is 10.8 Å². The fourth-order valence-corrected chi connectivity index (χ4v) is 2.85. The molecule has 0 saturated heterocycles. The highest BCUT2D eigenvalue weighted by Gasteiger charge is 2.17. The number of hydrogen-bond acceptors (Lipinski definition) is 4. The number of carboxylic acid groups (broad SMARTS) is 1. The van der Waals surface area contributed by atoms with E-state index in [1.165, 1.54) is 29.1 Å². The van der Waals surface area contributed by atoms with Gasteiger partial charge in [-0.15, -0.1) is 11.3 Å². The Bertz CT molecular complexity index is 843. The Labute approximate surface area is 120 Å². The number of thiophene rings is 1. The van der Waals surface area contributed by atoms with Crippen LogP contribution in [-0.4, -0.2) is 25.7 Å². The predicted octanol–water partition coefficient (Wildman–Crippen LogP) is 3.28. The summed E-state index contributed by atoms with van der Waals surface area (Å²) in [6.45, 7) is 0. The summed E-state index contributed by atoms with van der Waals surface area (Å²) in [7, 11) is 0. The third-order valence-corrected chi connectivity index (χ3v) is 4.12. The summed E-state index contributed by atoms with van der Waals surface area (Å²) in [5, 5.41) is 18.9. The molecule has 0 radical (unpaired) electrons. The first-order chi connectivity index (χ1) is 9.47. The van der Waals surface area contributed by atoms with Crippen LogP contribution in [0.4, 0.5) is 4.39 Å². The zero-order valence-electron chi connectivity index (χ0n) is 9.67. The van der Waals surface area contributed by atoms with Crippen molar-refractivity contribution in [3.63, 3.8) is 0 Å². The number of fused-ring (bicyclic) bond motifs is 1. The van der Waals surface area contributed by atoms with Crippen LogP contribution in [0.1, 0.15) is 9.67 Å². The van der Waals surface area contributed by atoms with E-state index in [0.717, 1.165) is 11.3 Å². The van der Waals surface area contributed by atoms with Gasteiger partial charge >= 0.3 is 5.97 Å². The second-order valence-corrected chi connectivity index (χ2v) is 5.41. The summed E-state index contributed by atoms with van der Waals surface area (Å²) < 4.78 is 14.9. The number of carbonyl (C=O) groups is 1. The van der Waals surface area contributed by atoms with Crippen LogP contribution in [0.2, 0.25) is 5.02 Å². The lowest BCUT2D eigenvalue weighted by Crippen LogP contribution is -1.91. The van der Waals surface area contributed by atoms with Crippen LogP contribution >= 0.6 is 22.9 Å². The topological polar surface area (TPSA) is 75.3 Å². The summed E-state index contributed by atoms with van der Waals surface area (Å²) in [5.41, 5.74) is 0.909. The second kappa shape index (κ2) is 4.46. The number of carboxylic acids is 1. The van der Waals surface area contributed by atoms with Gasteiger partial charge in [-0.1, -0.05) is 11.6 Å². The maximum atomic E-state index is 13.3. The molecule has 8 heteroatoms. The predicted molar refractivity (Wildman–Crippen MR) is 72.5 cm³/mol. The van der Waals surface area contributed by atoms with Gasteiger partial charge in [0.15, 0.2) is 4.88 Å². The fourth-order valence-electron chi connectivity index (χ4n) is 1.82. The second-order valence-electron chi connectivity index (χ2n) is 3.97. The number of hydrogen-bond donors (Lipinski definition) is 2. The summed E-state index contributed by atoms with van der Waals surface area (Å²) in [5.74, 6) is -2.12. The Hall–Kier alpha value is -2.12. The maximum absolute atomic E-state index is 13.3. The highest BCUT2D eigenvalue weighted by molar-refractivity contribution is 7.16. The number of rotatable bonds is 2. The number of benzene rings is 1. The van der Waals surface area contributed by atoms with E-state index in [2.05, 4.69) is 4.98 Å².